The molecule has 4 rings (SSSR count). The third kappa shape index (κ3) is 7.80. The molecule has 0 spiro atoms. The highest BCUT2D eigenvalue weighted by Gasteiger charge is 2.28. The number of carboxylic acids is 1. The number of carbonyl (C=O) groups is 3. The predicted octanol–water partition coefficient (Wildman–Crippen LogP) is -0.151. The van der Waals surface area contributed by atoms with Gasteiger partial charge in [0.2, 0.25) is 21.8 Å². The van der Waals surface area contributed by atoms with Crippen molar-refractivity contribution in [2.75, 3.05) is 63.9 Å². The third-order valence-electron chi connectivity index (χ3n) is 6.92. The average Bonchev–Trinajstić information content (AvgIpc) is 2.96. The molecule has 0 aromatic heterocycles. The number of piperazine rings is 1. The van der Waals surface area contributed by atoms with Crippen LogP contribution in [-0.2, 0) is 29.1 Å². The molecule has 2 amide bonds. The van der Waals surface area contributed by atoms with Crippen molar-refractivity contribution in [1.29, 1.82) is 5.41 Å². The predicted molar refractivity (Wildman–Crippen MR) is 150 cm³/mol. The van der Waals surface area contributed by atoms with Crippen LogP contribution in [0, 0.1) is 12.3 Å². The first-order valence-electron chi connectivity index (χ1n) is 13.2. The monoisotopic (exact) mass is 586 g/mol. The minimum absolute atomic E-state index is 0.0572. The van der Waals surface area contributed by atoms with Gasteiger partial charge >= 0.3 is 5.97 Å². The van der Waals surface area contributed by atoms with Gasteiger partial charge in [-0.25, -0.2) is 8.42 Å². The van der Waals surface area contributed by atoms with Gasteiger partial charge in [-0.15, -0.1) is 0 Å². The normalized spacial score (nSPS) is 16.8. The number of benzene rings is 2. The zero-order valence-corrected chi connectivity index (χ0v) is 23.5. The van der Waals surface area contributed by atoms with E-state index in [-0.39, 0.29) is 30.4 Å². The maximum atomic E-state index is 12.8. The highest BCUT2D eigenvalue weighted by molar-refractivity contribution is 7.89. The van der Waals surface area contributed by atoms with Gasteiger partial charge in [-0.05, 0) is 43.3 Å². The number of aryl methyl sites for hydroxylation is 1. The van der Waals surface area contributed by atoms with Gasteiger partial charge < -0.3 is 29.9 Å². The minimum Gasteiger partial charge on any atom is -0.480 e. The van der Waals surface area contributed by atoms with E-state index in [1.807, 2.05) is 34.1 Å². The summed E-state index contributed by atoms with van der Waals surface area (Å²) in [6.07, 6.45) is 0. The molecule has 0 aliphatic carbocycles. The van der Waals surface area contributed by atoms with E-state index in [9.17, 15) is 27.9 Å². The molecule has 2 aromatic rings. The highest BCUT2D eigenvalue weighted by Crippen LogP contribution is 2.19. The summed E-state index contributed by atoms with van der Waals surface area (Å²) < 4.78 is 32.6. The molecule has 13 nitrogen and oxygen atoms in total. The number of hydrogen-bond donors (Lipinski definition) is 4. The van der Waals surface area contributed by atoms with Gasteiger partial charge in [-0.1, -0.05) is 17.7 Å². The molecule has 14 heteroatoms. The van der Waals surface area contributed by atoms with E-state index in [2.05, 4.69) is 10.0 Å². The molecule has 2 aliphatic heterocycles. The summed E-state index contributed by atoms with van der Waals surface area (Å²) in [5.41, 5.74) is 2.45. The molecule has 2 aromatic carbocycles. The number of anilines is 1. The van der Waals surface area contributed by atoms with Gasteiger partial charge in [-0.2, -0.15) is 4.72 Å². The molecule has 0 bridgehead atoms. The van der Waals surface area contributed by atoms with Crippen molar-refractivity contribution in [3.63, 3.8) is 0 Å². The Hall–Kier alpha value is -4.01. The third-order valence-corrected chi connectivity index (χ3v) is 8.40. The van der Waals surface area contributed by atoms with E-state index in [0.717, 1.165) is 16.8 Å². The van der Waals surface area contributed by atoms with Crippen LogP contribution in [0.5, 0.6) is 0 Å². The molecule has 1 atom stereocenters. The lowest BCUT2D eigenvalue weighted by molar-refractivity contribution is -0.139. The lowest BCUT2D eigenvalue weighted by Crippen LogP contribution is -2.54. The van der Waals surface area contributed by atoms with Crippen molar-refractivity contribution in [2.24, 2.45) is 0 Å². The van der Waals surface area contributed by atoms with E-state index in [1.165, 1.54) is 17.0 Å². The molecule has 220 valence electrons. The van der Waals surface area contributed by atoms with E-state index < -0.39 is 34.5 Å². The first-order valence-corrected chi connectivity index (χ1v) is 14.6. The molecular formula is C27H34N6O7S. The Balaban J connectivity index is 1.26. The fourth-order valence-corrected chi connectivity index (χ4v) is 5.68. The standard InChI is InChI=1S/C27H34N6O7S/c1-19-2-8-22(9-3-19)41(38,39)30-23(27(36)37)16-29-24(34)17-33-11-10-32(18-25(33)35)21-6-4-20(5-7-21)26(28)31-12-14-40-15-13-31/h2-9,23,28,30H,10-18H2,1H3,(H,29,34)(H,36,37). The summed E-state index contributed by atoms with van der Waals surface area (Å²) in [6, 6.07) is 11.8. The number of nitrogens with zero attached hydrogens (tertiary/aromatic N) is 3. The van der Waals surface area contributed by atoms with Gasteiger partial charge in [-0.3, -0.25) is 19.8 Å². The zero-order valence-electron chi connectivity index (χ0n) is 22.7. The SMILES string of the molecule is Cc1ccc(S(=O)(=O)NC(CNC(=O)CN2CCN(c3ccc(C(=N)N4CCOCC4)cc3)CC2=O)C(=O)O)cc1. The van der Waals surface area contributed by atoms with Gasteiger partial charge in [0.05, 0.1) is 31.2 Å². The summed E-state index contributed by atoms with van der Waals surface area (Å²) >= 11 is 0. The first-order chi connectivity index (χ1) is 19.5. The maximum Gasteiger partial charge on any atom is 0.323 e. The summed E-state index contributed by atoms with van der Waals surface area (Å²) in [7, 11) is -4.12. The Bertz CT molecular complexity index is 1380. The Morgan fingerprint density at radius 1 is 1.02 bits per heavy atom. The van der Waals surface area contributed by atoms with Crippen LogP contribution >= 0.6 is 0 Å². The number of morpholine rings is 1. The minimum atomic E-state index is -4.12. The Labute approximate surface area is 238 Å². The van der Waals surface area contributed by atoms with Crippen LogP contribution in [0.25, 0.3) is 0 Å². The number of hydrogen-bond acceptors (Lipinski definition) is 8. The number of amidine groups is 1. The van der Waals surface area contributed by atoms with Crippen LogP contribution in [0.15, 0.2) is 53.4 Å². The van der Waals surface area contributed by atoms with Crippen molar-refractivity contribution in [1.82, 2.24) is 19.8 Å². The van der Waals surface area contributed by atoms with E-state index in [4.69, 9.17) is 10.1 Å². The molecule has 4 N–H and O–H groups in total. The van der Waals surface area contributed by atoms with Gasteiger partial charge in [0, 0.05) is 44.0 Å². The molecule has 1 unspecified atom stereocenters. The largest absolute Gasteiger partial charge is 0.480 e. The molecule has 2 fully saturated rings. The summed E-state index contributed by atoms with van der Waals surface area (Å²) in [4.78, 5) is 42.1. The Morgan fingerprint density at radius 3 is 2.29 bits per heavy atom. The van der Waals surface area contributed by atoms with Crippen LogP contribution in [-0.4, -0.2) is 112 Å². The number of amides is 2. The van der Waals surface area contributed by atoms with Crippen LogP contribution < -0.4 is 14.9 Å². The average molecular weight is 587 g/mol. The number of carbonyl (C=O) groups excluding carboxylic acids is 2. The first kappa shape index (κ1) is 30.0. The number of sulfonamides is 1. The number of rotatable bonds is 10. The molecule has 0 saturated carbocycles. The van der Waals surface area contributed by atoms with E-state index >= 15 is 0 Å². The quantitative estimate of drug-likeness (QED) is 0.218. The summed E-state index contributed by atoms with van der Waals surface area (Å²) in [6.45, 7) is 4.38. The van der Waals surface area contributed by atoms with Crippen LogP contribution in [0.3, 0.4) is 0 Å². The lowest BCUT2D eigenvalue weighted by atomic mass is 10.1. The Morgan fingerprint density at radius 2 is 1.68 bits per heavy atom. The van der Waals surface area contributed by atoms with E-state index in [1.54, 1.807) is 19.1 Å². The van der Waals surface area contributed by atoms with Crippen molar-refractivity contribution >= 4 is 39.3 Å². The van der Waals surface area contributed by atoms with Crippen LogP contribution in [0.2, 0.25) is 0 Å². The topological polar surface area (TPSA) is 172 Å². The molecular weight excluding hydrogens is 552 g/mol. The number of aliphatic carboxylic acids is 1. The fourth-order valence-electron chi connectivity index (χ4n) is 4.49. The number of ether oxygens (including phenoxy) is 1. The van der Waals surface area contributed by atoms with Crippen molar-refractivity contribution < 1.29 is 32.6 Å². The number of carboxylic acid groups (broad SMARTS) is 1. The van der Waals surface area contributed by atoms with Gasteiger partial charge in [0.25, 0.3) is 0 Å². The smallest absolute Gasteiger partial charge is 0.323 e. The second-order valence-electron chi connectivity index (χ2n) is 9.86. The van der Waals surface area contributed by atoms with Crippen molar-refractivity contribution in [3.8, 4) is 0 Å². The van der Waals surface area contributed by atoms with E-state index in [0.29, 0.717) is 38.7 Å². The van der Waals surface area contributed by atoms with Crippen LogP contribution in [0.1, 0.15) is 11.1 Å². The Kier molecular flexibility index (Phi) is 9.57. The van der Waals surface area contributed by atoms with Crippen molar-refractivity contribution in [3.05, 3.63) is 59.7 Å². The molecule has 2 saturated heterocycles. The molecule has 2 heterocycles. The second kappa shape index (κ2) is 13.1. The fraction of sp³-hybridized carbons (Fsp3) is 0.407. The summed E-state index contributed by atoms with van der Waals surface area (Å²) in [5, 5.41) is 20.3. The number of nitrogens with one attached hydrogen (secondary N) is 3. The van der Waals surface area contributed by atoms with Gasteiger partial charge in [0.1, 0.15) is 11.9 Å². The van der Waals surface area contributed by atoms with Crippen molar-refractivity contribution in [2.45, 2.75) is 17.9 Å². The molecule has 41 heavy (non-hydrogen) atoms. The molecule has 2 aliphatic rings. The van der Waals surface area contributed by atoms with Gasteiger partial charge in [0.15, 0.2) is 0 Å². The lowest BCUT2D eigenvalue weighted by Gasteiger charge is -2.35. The maximum absolute atomic E-state index is 12.8. The molecule has 0 radical (unpaired) electrons. The zero-order chi connectivity index (χ0) is 29.6. The highest BCUT2D eigenvalue weighted by atomic mass is 32.2. The second-order valence-corrected chi connectivity index (χ2v) is 11.6. The summed E-state index contributed by atoms with van der Waals surface area (Å²) in [5.74, 6) is -1.89. The van der Waals surface area contributed by atoms with Crippen LogP contribution in [0.4, 0.5) is 5.69 Å².